The highest BCUT2D eigenvalue weighted by molar-refractivity contribution is 6.14. The van der Waals surface area contributed by atoms with E-state index in [0.29, 0.717) is 34.1 Å². The minimum absolute atomic E-state index is 0.0778. The highest BCUT2D eigenvalue weighted by Crippen LogP contribution is 2.35. The summed E-state index contributed by atoms with van der Waals surface area (Å²) < 4.78 is 27.2. The van der Waals surface area contributed by atoms with E-state index in [-0.39, 0.29) is 19.0 Å². The van der Waals surface area contributed by atoms with Gasteiger partial charge in [0.15, 0.2) is 28.8 Å². The molecule has 1 heterocycles. The zero-order valence-electron chi connectivity index (χ0n) is 17.0. The van der Waals surface area contributed by atoms with Crippen LogP contribution in [0, 0.1) is 0 Å². The Kier molecular flexibility index (Phi) is 6.57. The van der Waals surface area contributed by atoms with Gasteiger partial charge in [0, 0.05) is 22.3 Å². The van der Waals surface area contributed by atoms with Crippen molar-refractivity contribution in [2.45, 2.75) is 0 Å². The molecular formula is C23H24O6. The van der Waals surface area contributed by atoms with E-state index in [2.05, 4.69) is 0 Å². The smallest absolute Gasteiger partial charge is 0.189 e. The predicted octanol–water partition coefficient (Wildman–Crippen LogP) is 3.79. The van der Waals surface area contributed by atoms with Crippen molar-refractivity contribution >= 4 is 17.9 Å². The molecule has 1 fully saturated rings. The Labute approximate surface area is 170 Å². The topological polar surface area (TPSA) is 63.2 Å². The summed E-state index contributed by atoms with van der Waals surface area (Å²) in [7, 11) is 6.29. The van der Waals surface area contributed by atoms with E-state index in [1.54, 1.807) is 52.7 Å². The molecule has 0 bridgehead atoms. The third-order valence-electron chi connectivity index (χ3n) is 4.62. The summed E-state index contributed by atoms with van der Waals surface area (Å²) in [5.74, 6) is 2.26. The summed E-state index contributed by atoms with van der Waals surface area (Å²) in [5, 5.41) is 0. The van der Waals surface area contributed by atoms with Crippen LogP contribution in [0.1, 0.15) is 11.1 Å². The van der Waals surface area contributed by atoms with Gasteiger partial charge in [-0.25, -0.2) is 0 Å². The third kappa shape index (κ3) is 4.27. The maximum absolute atomic E-state index is 13.1. The number of hydrogen-bond acceptors (Lipinski definition) is 6. The molecule has 0 atom stereocenters. The second-order valence-electron chi connectivity index (χ2n) is 6.33. The molecule has 0 spiro atoms. The summed E-state index contributed by atoms with van der Waals surface area (Å²) >= 11 is 0. The van der Waals surface area contributed by atoms with Crippen LogP contribution in [0.5, 0.6) is 23.0 Å². The first-order valence-electron chi connectivity index (χ1n) is 9.08. The molecule has 2 aromatic carbocycles. The Bertz CT molecular complexity index is 882. The normalized spacial score (nSPS) is 16.8. The molecule has 0 aliphatic carbocycles. The molecule has 1 aliphatic rings. The largest absolute Gasteiger partial charge is 0.493 e. The van der Waals surface area contributed by atoms with Crippen molar-refractivity contribution in [1.82, 2.24) is 0 Å². The van der Waals surface area contributed by atoms with Crippen LogP contribution in [-0.2, 0) is 9.53 Å². The van der Waals surface area contributed by atoms with Crippen molar-refractivity contribution in [2.75, 3.05) is 41.7 Å². The van der Waals surface area contributed by atoms with E-state index in [9.17, 15) is 4.79 Å². The van der Waals surface area contributed by atoms with Gasteiger partial charge in [-0.05, 0) is 24.3 Å². The van der Waals surface area contributed by atoms with Gasteiger partial charge in [0.2, 0.25) is 0 Å². The fourth-order valence-corrected chi connectivity index (χ4v) is 3.25. The molecule has 3 rings (SSSR count). The summed E-state index contributed by atoms with van der Waals surface area (Å²) in [6.45, 7) is 0.456. The average Bonchev–Trinajstić information content (AvgIpc) is 2.75. The van der Waals surface area contributed by atoms with E-state index in [1.807, 2.05) is 24.3 Å². The lowest BCUT2D eigenvalue weighted by molar-refractivity contribution is -0.114. The Morgan fingerprint density at radius 1 is 0.724 bits per heavy atom. The minimum Gasteiger partial charge on any atom is -0.493 e. The van der Waals surface area contributed by atoms with Crippen LogP contribution in [0.2, 0.25) is 0 Å². The maximum Gasteiger partial charge on any atom is 0.189 e. The molecule has 152 valence electrons. The van der Waals surface area contributed by atoms with Gasteiger partial charge in [0.05, 0.1) is 41.7 Å². The lowest BCUT2D eigenvalue weighted by atomic mass is 9.97. The second kappa shape index (κ2) is 9.30. The molecule has 0 radical (unpaired) electrons. The fraction of sp³-hybridized carbons (Fsp3) is 0.261. The molecule has 0 saturated carbocycles. The van der Waals surface area contributed by atoms with Crippen LogP contribution in [0.15, 0.2) is 47.5 Å². The molecule has 1 saturated heterocycles. The average molecular weight is 396 g/mol. The second-order valence-corrected chi connectivity index (χ2v) is 6.33. The van der Waals surface area contributed by atoms with Crippen molar-refractivity contribution in [1.29, 1.82) is 0 Å². The van der Waals surface area contributed by atoms with E-state index >= 15 is 0 Å². The van der Waals surface area contributed by atoms with Crippen molar-refractivity contribution in [3.63, 3.8) is 0 Å². The van der Waals surface area contributed by atoms with Crippen LogP contribution in [0.25, 0.3) is 12.2 Å². The van der Waals surface area contributed by atoms with Gasteiger partial charge in [0.25, 0.3) is 0 Å². The predicted molar refractivity (Wildman–Crippen MR) is 111 cm³/mol. The van der Waals surface area contributed by atoms with Gasteiger partial charge < -0.3 is 23.7 Å². The maximum atomic E-state index is 13.1. The quantitative estimate of drug-likeness (QED) is 0.693. The molecule has 2 aromatic rings. The first kappa shape index (κ1) is 20.5. The number of Topliss-reactive ketones (excluding diaryl/α,β-unsaturated/α-hetero) is 1. The number of hydrogen-bond donors (Lipinski definition) is 0. The van der Waals surface area contributed by atoms with E-state index in [1.165, 1.54) is 0 Å². The summed E-state index contributed by atoms with van der Waals surface area (Å²) in [4.78, 5) is 13.1. The molecule has 0 unspecified atom stereocenters. The molecule has 6 heteroatoms. The number of carbonyl (C=O) groups is 1. The van der Waals surface area contributed by atoms with Gasteiger partial charge >= 0.3 is 0 Å². The highest BCUT2D eigenvalue weighted by atomic mass is 16.5. The monoisotopic (exact) mass is 396 g/mol. The minimum atomic E-state index is -0.0778. The molecule has 0 aromatic heterocycles. The van der Waals surface area contributed by atoms with Crippen LogP contribution in [-0.4, -0.2) is 47.4 Å². The lowest BCUT2D eigenvalue weighted by Crippen LogP contribution is -2.22. The lowest BCUT2D eigenvalue weighted by Gasteiger charge is -2.19. The van der Waals surface area contributed by atoms with Gasteiger partial charge in [-0.2, -0.15) is 0 Å². The van der Waals surface area contributed by atoms with E-state index in [0.717, 1.165) is 11.1 Å². The molecular weight excluding hydrogens is 372 g/mol. The highest BCUT2D eigenvalue weighted by Gasteiger charge is 2.23. The fourth-order valence-electron chi connectivity index (χ4n) is 3.25. The third-order valence-corrected chi connectivity index (χ3v) is 4.62. The number of ether oxygens (including phenoxy) is 5. The van der Waals surface area contributed by atoms with Crippen LogP contribution in [0.4, 0.5) is 0 Å². The number of benzene rings is 2. The number of para-hydroxylation sites is 2. The molecule has 0 amide bonds. The standard InChI is InChI=1S/C23H24O6/c1-25-19-9-5-7-15(22(19)27-3)11-17-13-29-14-18(21(17)24)12-16-8-6-10-20(26-2)23(16)28-4/h5-12H,13-14H2,1-4H3/b17-11+,18-12+. The number of methoxy groups -OCH3 is 4. The van der Waals surface area contributed by atoms with Gasteiger partial charge in [0.1, 0.15) is 0 Å². The molecule has 1 aliphatic heterocycles. The van der Waals surface area contributed by atoms with Crippen LogP contribution in [0.3, 0.4) is 0 Å². The molecule has 0 N–H and O–H groups in total. The Hall–Kier alpha value is -3.25. The Morgan fingerprint density at radius 2 is 1.17 bits per heavy atom. The zero-order valence-corrected chi connectivity index (χ0v) is 17.0. The Morgan fingerprint density at radius 3 is 1.55 bits per heavy atom. The molecule has 29 heavy (non-hydrogen) atoms. The SMILES string of the molecule is COc1cccc(/C=C2\COC/C(=C\c3cccc(OC)c3OC)C2=O)c1OC. The first-order valence-corrected chi connectivity index (χ1v) is 9.08. The zero-order chi connectivity index (χ0) is 20.8. The van der Waals surface area contributed by atoms with Gasteiger partial charge in [-0.15, -0.1) is 0 Å². The van der Waals surface area contributed by atoms with Gasteiger partial charge in [-0.1, -0.05) is 24.3 Å². The summed E-state index contributed by atoms with van der Waals surface area (Å²) in [6.07, 6.45) is 3.55. The number of rotatable bonds is 6. The van der Waals surface area contributed by atoms with Crippen molar-refractivity contribution in [3.8, 4) is 23.0 Å². The summed E-state index contributed by atoms with van der Waals surface area (Å²) in [5.41, 5.74) is 2.57. The van der Waals surface area contributed by atoms with Crippen LogP contribution < -0.4 is 18.9 Å². The first-order chi connectivity index (χ1) is 14.1. The number of carbonyl (C=O) groups excluding carboxylic acids is 1. The Balaban J connectivity index is 1.98. The van der Waals surface area contributed by atoms with E-state index < -0.39 is 0 Å². The molecule has 6 nitrogen and oxygen atoms in total. The van der Waals surface area contributed by atoms with Crippen molar-refractivity contribution in [2.24, 2.45) is 0 Å². The van der Waals surface area contributed by atoms with Crippen molar-refractivity contribution < 1.29 is 28.5 Å². The number of ketones is 1. The van der Waals surface area contributed by atoms with E-state index in [4.69, 9.17) is 23.7 Å². The van der Waals surface area contributed by atoms with Crippen molar-refractivity contribution in [3.05, 3.63) is 58.7 Å². The van der Waals surface area contributed by atoms with Crippen LogP contribution >= 0.6 is 0 Å². The summed E-state index contributed by atoms with van der Waals surface area (Å²) in [6, 6.07) is 11.0. The van der Waals surface area contributed by atoms with Gasteiger partial charge in [-0.3, -0.25) is 4.79 Å².